The normalized spacial score (nSPS) is 14.2. The minimum Gasteiger partial charge on any atom is -0.479 e. The summed E-state index contributed by atoms with van der Waals surface area (Å²) in [5.74, 6) is 0.0452. The number of benzene rings is 3. The van der Waals surface area contributed by atoms with Gasteiger partial charge in [0, 0.05) is 13.2 Å². The summed E-state index contributed by atoms with van der Waals surface area (Å²) in [7, 11) is 0. The molecule has 1 atom stereocenters. The maximum Gasteiger partial charge on any atom is 0.341 e. The average Bonchev–Trinajstić information content (AvgIpc) is 3.61. The van der Waals surface area contributed by atoms with Gasteiger partial charge in [-0.15, -0.1) is 5.10 Å². The average molecular weight is 544 g/mol. The Hall–Kier alpha value is -3.68. The van der Waals surface area contributed by atoms with Crippen molar-refractivity contribution in [3.05, 3.63) is 96.1 Å². The standard InChI is InChI=1S/C17H27NO.C16H14N2O3/c1-15(2)10-13-19-17(14-18-11-6-7-12-18)16-8-4-3-5-9-16;19-15(20)11-21-16-13-8-4-5-9-14(13)18(17-16)10-12-6-2-1-3-7-12/h3-5,8-9,15,17H,6-7,10-14H2,1-2H3;1-9H,10-11H2,(H,19,20). The minimum atomic E-state index is -1.02. The second-order valence-corrected chi connectivity index (χ2v) is 10.6. The Morgan fingerprint density at radius 3 is 2.25 bits per heavy atom. The predicted molar refractivity (Wildman–Crippen MR) is 159 cm³/mol. The number of ether oxygens (including phenoxy) is 2. The molecule has 0 amide bonds. The molecule has 1 aliphatic heterocycles. The minimum absolute atomic E-state index is 0.234. The molecule has 0 spiro atoms. The number of aromatic nitrogens is 2. The summed E-state index contributed by atoms with van der Waals surface area (Å²) in [5, 5.41) is 13.9. The lowest BCUT2D eigenvalue weighted by Crippen LogP contribution is -2.27. The highest BCUT2D eigenvalue weighted by Gasteiger charge is 2.19. The first kappa shape index (κ1) is 29.3. The lowest BCUT2D eigenvalue weighted by molar-refractivity contribution is -0.139. The molecule has 212 valence electrons. The molecule has 7 heteroatoms. The molecule has 0 saturated carbocycles. The van der Waals surface area contributed by atoms with Gasteiger partial charge in [0.25, 0.3) is 0 Å². The van der Waals surface area contributed by atoms with Crippen molar-refractivity contribution in [3.8, 4) is 5.88 Å². The highest BCUT2D eigenvalue weighted by atomic mass is 16.5. The number of hydrogen-bond acceptors (Lipinski definition) is 5. The molecule has 1 fully saturated rings. The van der Waals surface area contributed by atoms with Crippen molar-refractivity contribution in [2.75, 3.05) is 32.8 Å². The van der Waals surface area contributed by atoms with Gasteiger partial charge in [0.1, 0.15) is 0 Å². The first-order valence-corrected chi connectivity index (χ1v) is 14.2. The topological polar surface area (TPSA) is 76.8 Å². The molecule has 1 aliphatic rings. The summed E-state index contributed by atoms with van der Waals surface area (Å²) in [6.07, 6.45) is 4.06. The fourth-order valence-electron chi connectivity index (χ4n) is 4.78. The summed E-state index contributed by atoms with van der Waals surface area (Å²) in [5.41, 5.74) is 3.36. The second-order valence-electron chi connectivity index (χ2n) is 10.6. The summed E-state index contributed by atoms with van der Waals surface area (Å²) in [4.78, 5) is 13.2. The molecule has 0 bridgehead atoms. The molecule has 1 N–H and O–H groups in total. The van der Waals surface area contributed by atoms with Crippen molar-refractivity contribution in [2.45, 2.75) is 45.8 Å². The van der Waals surface area contributed by atoms with E-state index in [1.54, 1.807) is 0 Å². The lowest BCUT2D eigenvalue weighted by atomic mass is 10.1. The van der Waals surface area contributed by atoms with Crippen LogP contribution in [0.2, 0.25) is 0 Å². The van der Waals surface area contributed by atoms with Gasteiger partial charge in [0.15, 0.2) is 6.61 Å². The Morgan fingerprint density at radius 1 is 0.925 bits per heavy atom. The SMILES string of the molecule is CC(C)CCOC(CN1CCCC1)c1ccccc1.O=C(O)COc1nn(Cc2ccccc2)c2ccccc12. The first-order valence-electron chi connectivity index (χ1n) is 14.2. The van der Waals surface area contributed by atoms with Crippen LogP contribution in [0.25, 0.3) is 10.9 Å². The van der Waals surface area contributed by atoms with Gasteiger partial charge < -0.3 is 19.5 Å². The van der Waals surface area contributed by atoms with Gasteiger partial charge in [0.05, 0.1) is 23.6 Å². The van der Waals surface area contributed by atoms with Crippen molar-refractivity contribution >= 4 is 16.9 Å². The molecular weight excluding hydrogens is 502 g/mol. The molecule has 1 saturated heterocycles. The largest absolute Gasteiger partial charge is 0.479 e. The van der Waals surface area contributed by atoms with Crippen LogP contribution in [0.1, 0.15) is 50.3 Å². The van der Waals surface area contributed by atoms with Gasteiger partial charge in [-0.1, -0.05) is 86.6 Å². The van der Waals surface area contributed by atoms with Crippen LogP contribution in [0, 0.1) is 5.92 Å². The first-order chi connectivity index (χ1) is 19.5. The van der Waals surface area contributed by atoms with Crippen LogP contribution in [0.15, 0.2) is 84.9 Å². The zero-order chi connectivity index (χ0) is 28.2. The number of rotatable bonds is 12. The Kier molecular flexibility index (Phi) is 11.1. The fraction of sp³-hybridized carbons (Fsp3) is 0.394. The van der Waals surface area contributed by atoms with Crippen LogP contribution in [0.3, 0.4) is 0 Å². The Morgan fingerprint density at radius 2 is 1.57 bits per heavy atom. The third kappa shape index (κ3) is 8.93. The van der Waals surface area contributed by atoms with Gasteiger partial charge >= 0.3 is 5.97 Å². The molecule has 1 aromatic heterocycles. The number of fused-ring (bicyclic) bond motifs is 1. The van der Waals surface area contributed by atoms with E-state index in [1.165, 1.54) is 31.5 Å². The van der Waals surface area contributed by atoms with Crippen molar-refractivity contribution in [3.63, 3.8) is 0 Å². The van der Waals surface area contributed by atoms with E-state index in [-0.39, 0.29) is 6.10 Å². The molecule has 0 radical (unpaired) electrons. The second kappa shape index (κ2) is 15.2. The monoisotopic (exact) mass is 543 g/mol. The van der Waals surface area contributed by atoms with E-state index in [0.29, 0.717) is 18.3 Å². The van der Waals surface area contributed by atoms with E-state index in [2.05, 4.69) is 54.2 Å². The highest BCUT2D eigenvalue weighted by Crippen LogP contribution is 2.25. The van der Waals surface area contributed by atoms with Crippen LogP contribution in [-0.4, -0.2) is 58.6 Å². The highest BCUT2D eigenvalue weighted by molar-refractivity contribution is 5.85. The maximum absolute atomic E-state index is 10.6. The molecule has 4 aromatic rings. The van der Waals surface area contributed by atoms with Crippen LogP contribution in [0.5, 0.6) is 5.88 Å². The molecule has 0 aliphatic carbocycles. The zero-order valence-electron chi connectivity index (χ0n) is 23.6. The molecule has 2 heterocycles. The van der Waals surface area contributed by atoms with Crippen LogP contribution in [0.4, 0.5) is 0 Å². The van der Waals surface area contributed by atoms with Gasteiger partial charge in [0.2, 0.25) is 5.88 Å². The number of likely N-dealkylation sites (tertiary alicyclic amines) is 1. The number of carboxylic acid groups (broad SMARTS) is 1. The number of aliphatic carboxylic acids is 1. The van der Waals surface area contributed by atoms with Crippen LogP contribution < -0.4 is 4.74 Å². The molecular formula is C33H41N3O4. The molecule has 40 heavy (non-hydrogen) atoms. The quantitative estimate of drug-likeness (QED) is 0.222. The van der Waals surface area contributed by atoms with Crippen molar-refractivity contribution in [2.24, 2.45) is 5.92 Å². The van der Waals surface area contributed by atoms with Gasteiger partial charge in [-0.2, -0.15) is 0 Å². The number of carboxylic acids is 1. The number of para-hydroxylation sites is 1. The van der Waals surface area contributed by atoms with Crippen LogP contribution >= 0.6 is 0 Å². The van der Waals surface area contributed by atoms with Gasteiger partial charge in [-0.3, -0.25) is 4.68 Å². The maximum atomic E-state index is 10.6. The number of carbonyl (C=O) groups is 1. The Bertz CT molecular complexity index is 1300. The van der Waals surface area contributed by atoms with Crippen LogP contribution in [-0.2, 0) is 16.1 Å². The Balaban J connectivity index is 0.000000186. The van der Waals surface area contributed by atoms with Crippen molar-refractivity contribution in [1.82, 2.24) is 14.7 Å². The number of hydrogen-bond donors (Lipinski definition) is 1. The van der Waals surface area contributed by atoms with E-state index < -0.39 is 12.6 Å². The molecule has 5 rings (SSSR count). The van der Waals surface area contributed by atoms with E-state index in [1.807, 2.05) is 59.3 Å². The van der Waals surface area contributed by atoms with Crippen molar-refractivity contribution < 1.29 is 19.4 Å². The summed E-state index contributed by atoms with van der Waals surface area (Å²) >= 11 is 0. The van der Waals surface area contributed by atoms with Gasteiger partial charge in [-0.05, 0) is 61.5 Å². The Labute approximate surface area is 237 Å². The third-order valence-electron chi connectivity index (χ3n) is 6.94. The zero-order valence-corrected chi connectivity index (χ0v) is 23.6. The lowest BCUT2D eigenvalue weighted by Gasteiger charge is -2.24. The predicted octanol–water partition coefficient (Wildman–Crippen LogP) is 6.43. The molecule has 7 nitrogen and oxygen atoms in total. The van der Waals surface area contributed by atoms with Crippen molar-refractivity contribution in [1.29, 1.82) is 0 Å². The van der Waals surface area contributed by atoms with E-state index in [9.17, 15) is 4.79 Å². The smallest absolute Gasteiger partial charge is 0.341 e. The third-order valence-corrected chi connectivity index (χ3v) is 6.94. The summed E-state index contributed by atoms with van der Waals surface area (Å²) < 4.78 is 13.2. The van der Waals surface area contributed by atoms with E-state index in [4.69, 9.17) is 14.6 Å². The summed E-state index contributed by atoms with van der Waals surface area (Å²) in [6.45, 7) is 9.09. The summed E-state index contributed by atoms with van der Waals surface area (Å²) in [6, 6.07) is 28.3. The number of nitrogens with zero attached hydrogens (tertiary/aromatic N) is 3. The van der Waals surface area contributed by atoms with E-state index >= 15 is 0 Å². The van der Waals surface area contributed by atoms with Gasteiger partial charge in [-0.25, -0.2) is 4.79 Å². The molecule has 3 aromatic carbocycles. The van der Waals surface area contributed by atoms with E-state index in [0.717, 1.165) is 36.0 Å². The fourth-order valence-corrected chi connectivity index (χ4v) is 4.78. The molecule has 1 unspecified atom stereocenters.